The number of hydrogen-bond acceptors (Lipinski definition) is 2. The number of ether oxygens (including phenoxy) is 1. The van der Waals surface area contributed by atoms with Gasteiger partial charge in [-0.2, -0.15) is 0 Å². The third kappa shape index (κ3) is 2.67. The Morgan fingerprint density at radius 3 is 2.57 bits per heavy atom. The van der Waals surface area contributed by atoms with E-state index in [1.807, 2.05) is 0 Å². The van der Waals surface area contributed by atoms with Crippen LogP contribution in [-0.2, 0) is 4.74 Å². The predicted molar refractivity (Wildman–Crippen MR) is 55.0 cm³/mol. The standard InChI is InChI=1S/C10H12FNO.ClH/c11-9-4-2-8(3-5-9)10-12-6-1-7-13-10;/h2-5,10,12H,1,6-7H2;1H. The van der Waals surface area contributed by atoms with E-state index < -0.39 is 0 Å². The number of rotatable bonds is 1. The molecule has 1 atom stereocenters. The summed E-state index contributed by atoms with van der Waals surface area (Å²) in [5.74, 6) is -0.209. The summed E-state index contributed by atoms with van der Waals surface area (Å²) in [5, 5.41) is 3.21. The molecule has 14 heavy (non-hydrogen) atoms. The second-order valence-electron chi connectivity index (χ2n) is 3.11. The Bertz CT molecular complexity index is 272. The fourth-order valence-electron chi connectivity index (χ4n) is 1.42. The van der Waals surface area contributed by atoms with Crippen molar-refractivity contribution in [3.63, 3.8) is 0 Å². The molecule has 0 radical (unpaired) electrons. The van der Waals surface area contributed by atoms with Crippen LogP contribution in [0.15, 0.2) is 24.3 Å². The molecule has 1 heterocycles. The maximum Gasteiger partial charge on any atom is 0.134 e. The molecule has 2 nitrogen and oxygen atoms in total. The molecule has 0 bridgehead atoms. The van der Waals surface area contributed by atoms with Crippen LogP contribution in [0.1, 0.15) is 18.2 Å². The van der Waals surface area contributed by atoms with E-state index in [-0.39, 0.29) is 24.5 Å². The van der Waals surface area contributed by atoms with Crippen molar-refractivity contribution >= 4 is 12.4 Å². The summed E-state index contributed by atoms with van der Waals surface area (Å²) in [6.45, 7) is 1.73. The molecular weight excluding hydrogens is 205 g/mol. The quantitative estimate of drug-likeness (QED) is 0.779. The summed E-state index contributed by atoms with van der Waals surface area (Å²) in [5.41, 5.74) is 0.987. The molecule has 1 aliphatic heterocycles. The summed E-state index contributed by atoms with van der Waals surface area (Å²) in [4.78, 5) is 0. The lowest BCUT2D eigenvalue weighted by molar-refractivity contribution is -0.000345. The lowest BCUT2D eigenvalue weighted by atomic mass is 10.2. The SMILES string of the molecule is Cl.Fc1ccc(C2NCCCO2)cc1. The van der Waals surface area contributed by atoms with Gasteiger partial charge in [-0.3, -0.25) is 5.32 Å². The van der Waals surface area contributed by atoms with Gasteiger partial charge in [-0.15, -0.1) is 12.4 Å². The van der Waals surface area contributed by atoms with E-state index in [1.165, 1.54) is 12.1 Å². The molecule has 1 N–H and O–H groups in total. The molecule has 0 amide bonds. The zero-order chi connectivity index (χ0) is 9.10. The van der Waals surface area contributed by atoms with Crippen molar-refractivity contribution in [1.82, 2.24) is 5.32 Å². The third-order valence-electron chi connectivity index (χ3n) is 2.11. The summed E-state index contributed by atoms with van der Waals surface area (Å²) >= 11 is 0. The van der Waals surface area contributed by atoms with Crippen molar-refractivity contribution in [2.45, 2.75) is 12.6 Å². The molecule has 78 valence electrons. The Hall–Kier alpha value is -0.640. The van der Waals surface area contributed by atoms with Gasteiger partial charge in [-0.25, -0.2) is 4.39 Å². The Kier molecular flexibility index (Phi) is 4.32. The maximum atomic E-state index is 12.6. The van der Waals surface area contributed by atoms with Gasteiger partial charge in [0.1, 0.15) is 12.0 Å². The van der Waals surface area contributed by atoms with Gasteiger partial charge in [0.15, 0.2) is 0 Å². The molecule has 4 heteroatoms. The van der Waals surface area contributed by atoms with Gasteiger partial charge in [-0.05, 0) is 24.1 Å². The summed E-state index contributed by atoms with van der Waals surface area (Å²) in [7, 11) is 0. The first kappa shape index (κ1) is 11.4. The van der Waals surface area contributed by atoms with Crippen molar-refractivity contribution in [2.24, 2.45) is 0 Å². The van der Waals surface area contributed by atoms with Crippen LogP contribution < -0.4 is 5.32 Å². The number of benzene rings is 1. The molecule has 1 aromatic carbocycles. The molecule has 0 aromatic heterocycles. The molecule has 0 aliphatic carbocycles. The topological polar surface area (TPSA) is 21.3 Å². The van der Waals surface area contributed by atoms with Gasteiger partial charge in [-0.1, -0.05) is 12.1 Å². The molecule has 1 aliphatic rings. The van der Waals surface area contributed by atoms with Crippen molar-refractivity contribution in [3.8, 4) is 0 Å². The van der Waals surface area contributed by atoms with Gasteiger partial charge in [0, 0.05) is 6.54 Å². The van der Waals surface area contributed by atoms with Gasteiger partial charge in [0.2, 0.25) is 0 Å². The van der Waals surface area contributed by atoms with E-state index in [4.69, 9.17) is 4.74 Å². The lowest BCUT2D eigenvalue weighted by Crippen LogP contribution is -2.31. The van der Waals surface area contributed by atoms with Gasteiger partial charge in [0.25, 0.3) is 0 Å². The second kappa shape index (κ2) is 5.29. The number of nitrogens with one attached hydrogen (secondary N) is 1. The third-order valence-corrected chi connectivity index (χ3v) is 2.11. The second-order valence-corrected chi connectivity index (χ2v) is 3.11. The number of hydrogen-bond donors (Lipinski definition) is 1. The van der Waals surface area contributed by atoms with Crippen LogP contribution in [0, 0.1) is 5.82 Å². The molecule has 2 rings (SSSR count). The zero-order valence-electron chi connectivity index (χ0n) is 7.70. The first-order valence-corrected chi connectivity index (χ1v) is 4.47. The van der Waals surface area contributed by atoms with Gasteiger partial charge < -0.3 is 4.74 Å². The minimum atomic E-state index is -0.209. The summed E-state index contributed by atoms with van der Waals surface area (Å²) in [6, 6.07) is 6.40. The largest absolute Gasteiger partial charge is 0.359 e. The highest BCUT2D eigenvalue weighted by atomic mass is 35.5. The molecule has 0 saturated carbocycles. The first-order chi connectivity index (χ1) is 6.36. The normalized spacial score (nSPS) is 21.4. The van der Waals surface area contributed by atoms with Crippen molar-refractivity contribution in [1.29, 1.82) is 0 Å². The molecular formula is C10H13ClFNO. The van der Waals surface area contributed by atoms with Gasteiger partial charge in [0.05, 0.1) is 6.61 Å². The first-order valence-electron chi connectivity index (χ1n) is 4.47. The Labute approximate surface area is 88.9 Å². The number of halogens is 2. The average molecular weight is 218 g/mol. The highest BCUT2D eigenvalue weighted by Gasteiger charge is 2.14. The van der Waals surface area contributed by atoms with Gasteiger partial charge >= 0.3 is 0 Å². The molecule has 0 spiro atoms. The predicted octanol–water partition coefficient (Wildman–Crippen LogP) is 2.26. The van der Waals surface area contributed by atoms with Crippen LogP contribution >= 0.6 is 12.4 Å². The van der Waals surface area contributed by atoms with Crippen LogP contribution in [0.25, 0.3) is 0 Å². The zero-order valence-corrected chi connectivity index (χ0v) is 8.52. The summed E-state index contributed by atoms with van der Waals surface area (Å²) < 4.78 is 18.1. The Balaban J connectivity index is 0.000000980. The van der Waals surface area contributed by atoms with Crippen LogP contribution in [0.3, 0.4) is 0 Å². The van der Waals surface area contributed by atoms with E-state index in [0.717, 1.165) is 25.1 Å². The van der Waals surface area contributed by atoms with Crippen LogP contribution in [0.5, 0.6) is 0 Å². The monoisotopic (exact) mass is 217 g/mol. The minimum absolute atomic E-state index is 0. The molecule has 1 aromatic rings. The van der Waals surface area contributed by atoms with Crippen LogP contribution in [0.4, 0.5) is 4.39 Å². The highest BCUT2D eigenvalue weighted by Crippen LogP contribution is 2.17. The van der Waals surface area contributed by atoms with Crippen molar-refractivity contribution in [2.75, 3.05) is 13.2 Å². The van der Waals surface area contributed by atoms with E-state index in [2.05, 4.69) is 5.32 Å². The average Bonchev–Trinajstić information content (AvgIpc) is 2.20. The van der Waals surface area contributed by atoms with E-state index in [1.54, 1.807) is 12.1 Å². The summed E-state index contributed by atoms with van der Waals surface area (Å²) in [6.07, 6.45) is 0.979. The van der Waals surface area contributed by atoms with Crippen LogP contribution in [-0.4, -0.2) is 13.2 Å². The Morgan fingerprint density at radius 2 is 2.00 bits per heavy atom. The lowest BCUT2D eigenvalue weighted by Gasteiger charge is -2.24. The molecule has 1 saturated heterocycles. The fourth-order valence-corrected chi connectivity index (χ4v) is 1.42. The smallest absolute Gasteiger partial charge is 0.134 e. The fraction of sp³-hybridized carbons (Fsp3) is 0.400. The Morgan fingerprint density at radius 1 is 1.29 bits per heavy atom. The maximum absolute atomic E-state index is 12.6. The van der Waals surface area contributed by atoms with Crippen molar-refractivity contribution < 1.29 is 9.13 Å². The molecule has 1 unspecified atom stereocenters. The van der Waals surface area contributed by atoms with Crippen LogP contribution in [0.2, 0.25) is 0 Å². The van der Waals surface area contributed by atoms with E-state index >= 15 is 0 Å². The van der Waals surface area contributed by atoms with E-state index in [9.17, 15) is 4.39 Å². The highest BCUT2D eigenvalue weighted by molar-refractivity contribution is 5.85. The van der Waals surface area contributed by atoms with E-state index in [0.29, 0.717) is 0 Å². The minimum Gasteiger partial charge on any atom is -0.359 e. The van der Waals surface area contributed by atoms with Crippen molar-refractivity contribution in [3.05, 3.63) is 35.6 Å². The molecule has 1 fully saturated rings.